The number of nitrogens with zero attached hydrogens (tertiary/aromatic N) is 1. The number of amides is 1. The van der Waals surface area contributed by atoms with Crippen LogP contribution in [0.25, 0.3) is 0 Å². The van der Waals surface area contributed by atoms with Gasteiger partial charge in [-0.15, -0.1) is 0 Å². The molecule has 14 nitrogen and oxygen atoms in total. The summed E-state index contributed by atoms with van der Waals surface area (Å²) in [6.45, 7) is 16.2. The predicted molar refractivity (Wildman–Crippen MR) is 166 cm³/mol. The van der Waals surface area contributed by atoms with Crippen molar-refractivity contribution in [3.05, 3.63) is 0 Å². The van der Waals surface area contributed by atoms with E-state index in [9.17, 15) is 4.79 Å². The summed E-state index contributed by atoms with van der Waals surface area (Å²) in [5.41, 5.74) is -0.508. The van der Waals surface area contributed by atoms with Gasteiger partial charge in [0.1, 0.15) is 5.60 Å². The van der Waals surface area contributed by atoms with E-state index in [1.807, 2.05) is 20.8 Å². The first kappa shape index (κ1) is 41.9. The Morgan fingerprint density at radius 2 is 0.933 bits per heavy atom. The van der Waals surface area contributed by atoms with Gasteiger partial charge in [0.15, 0.2) is 6.29 Å². The van der Waals surface area contributed by atoms with Crippen LogP contribution in [0.5, 0.6) is 0 Å². The standard InChI is InChI=1S/C31H61NO13/c1-31(2,3)45-30(33)32(4)8-10-34-11-12-35-13-14-36-15-16-37-17-18-38-19-20-39-21-22-40-23-24-41-25-26-42-27-28-44-29-7-5-6-9-43-29/h29H,5-28H2,1-4H3. The Hall–Kier alpha value is -1.17. The summed E-state index contributed by atoms with van der Waals surface area (Å²) in [4.78, 5) is 13.3. The smallest absolute Gasteiger partial charge is 0.410 e. The Morgan fingerprint density at radius 3 is 1.27 bits per heavy atom. The zero-order valence-electron chi connectivity index (χ0n) is 28.3. The molecule has 1 unspecified atom stereocenters. The molecule has 1 aliphatic rings. The Kier molecular flexibility index (Phi) is 28.1. The molecule has 14 heteroatoms. The molecule has 1 rings (SSSR count). The van der Waals surface area contributed by atoms with Crippen molar-refractivity contribution in [3.8, 4) is 0 Å². The molecule has 0 bridgehead atoms. The highest BCUT2D eigenvalue weighted by Crippen LogP contribution is 2.13. The van der Waals surface area contributed by atoms with Crippen molar-refractivity contribution in [1.82, 2.24) is 4.90 Å². The maximum Gasteiger partial charge on any atom is 0.410 e. The molecule has 1 amide bonds. The third-order valence-corrected chi connectivity index (χ3v) is 5.92. The lowest BCUT2D eigenvalue weighted by atomic mass is 10.2. The van der Waals surface area contributed by atoms with Crippen LogP contribution in [-0.4, -0.2) is 169 Å². The second-order valence-corrected chi connectivity index (χ2v) is 11.1. The Labute approximate surface area is 270 Å². The minimum absolute atomic E-state index is 0.0685. The number of likely N-dealkylation sites (N-methyl/N-ethyl adjacent to an activating group) is 1. The second-order valence-electron chi connectivity index (χ2n) is 11.1. The van der Waals surface area contributed by atoms with Gasteiger partial charge in [-0.2, -0.15) is 0 Å². The quantitative estimate of drug-likeness (QED) is 0.102. The van der Waals surface area contributed by atoms with Gasteiger partial charge in [-0.25, -0.2) is 4.79 Å². The van der Waals surface area contributed by atoms with Gasteiger partial charge in [0.2, 0.25) is 0 Å². The Balaban J connectivity index is 1.65. The van der Waals surface area contributed by atoms with Crippen LogP contribution in [0, 0.1) is 0 Å². The third kappa shape index (κ3) is 29.9. The number of rotatable bonds is 31. The van der Waals surface area contributed by atoms with Crippen molar-refractivity contribution in [2.24, 2.45) is 0 Å². The van der Waals surface area contributed by atoms with Crippen molar-refractivity contribution in [1.29, 1.82) is 0 Å². The Bertz CT molecular complexity index is 647. The highest BCUT2D eigenvalue weighted by atomic mass is 16.7. The average molecular weight is 656 g/mol. The summed E-state index contributed by atoms with van der Waals surface area (Å²) < 4.78 is 65.7. The van der Waals surface area contributed by atoms with E-state index in [2.05, 4.69) is 0 Å². The molecule has 0 radical (unpaired) electrons. The van der Waals surface area contributed by atoms with Crippen molar-refractivity contribution in [2.45, 2.75) is 51.9 Å². The third-order valence-electron chi connectivity index (χ3n) is 5.92. The van der Waals surface area contributed by atoms with E-state index in [0.29, 0.717) is 132 Å². The summed E-state index contributed by atoms with van der Waals surface area (Å²) in [5, 5.41) is 0. The summed E-state index contributed by atoms with van der Waals surface area (Å²) >= 11 is 0. The van der Waals surface area contributed by atoms with Crippen LogP contribution < -0.4 is 0 Å². The monoisotopic (exact) mass is 655 g/mol. The van der Waals surface area contributed by atoms with Crippen LogP contribution in [0.15, 0.2) is 0 Å². The predicted octanol–water partition coefficient (Wildman–Crippen LogP) is 2.55. The number of hydrogen-bond donors (Lipinski definition) is 0. The van der Waals surface area contributed by atoms with Crippen molar-refractivity contribution < 1.29 is 61.6 Å². The lowest BCUT2D eigenvalue weighted by molar-refractivity contribution is -0.169. The molecule has 1 atom stereocenters. The van der Waals surface area contributed by atoms with Gasteiger partial charge < -0.3 is 61.7 Å². The van der Waals surface area contributed by atoms with Gasteiger partial charge in [-0.1, -0.05) is 0 Å². The van der Waals surface area contributed by atoms with Crippen LogP contribution in [0.3, 0.4) is 0 Å². The van der Waals surface area contributed by atoms with Crippen molar-refractivity contribution in [2.75, 3.05) is 146 Å². The summed E-state index contributed by atoms with van der Waals surface area (Å²) in [6.07, 6.45) is 2.82. The largest absolute Gasteiger partial charge is 0.444 e. The minimum Gasteiger partial charge on any atom is -0.444 e. The number of carbonyl (C=O) groups excluding carboxylic acids is 1. The van der Waals surface area contributed by atoms with E-state index in [0.717, 1.165) is 25.9 Å². The number of hydrogen-bond acceptors (Lipinski definition) is 13. The van der Waals surface area contributed by atoms with E-state index in [-0.39, 0.29) is 12.4 Å². The molecule has 0 aromatic rings. The second kappa shape index (κ2) is 30.2. The zero-order chi connectivity index (χ0) is 32.7. The SMILES string of the molecule is CN(CCOCCOCCOCCOCCOCCOCCOCCOCCOCCOC1CCCCO1)C(=O)OC(C)(C)C. The number of carbonyl (C=O) groups is 1. The first-order chi connectivity index (χ1) is 21.9. The summed E-state index contributed by atoms with van der Waals surface area (Å²) in [5.74, 6) is 0. The molecule has 1 saturated heterocycles. The van der Waals surface area contributed by atoms with E-state index < -0.39 is 5.60 Å². The van der Waals surface area contributed by atoms with E-state index in [1.165, 1.54) is 4.90 Å². The van der Waals surface area contributed by atoms with E-state index >= 15 is 0 Å². The molecule has 0 N–H and O–H groups in total. The lowest BCUT2D eigenvalue weighted by Crippen LogP contribution is -2.36. The van der Waals surface area contributed by atoms with E-state index in [1.54, 1.807) is 7.05 Å². The zero-order valence-corrected chi connectivity index (χ0v) is 28.3. The van der Waals surface area contributed by atoms with Gasteiger partial charge in [0, 0.05) is 20.2 Å². The Morgan fingerprint density at radius 1 is 0.578 bits per heavy atom. The molecular formula is C31H61NO13. The van der Waals surface area contributed by atoms with Gasteiger partial charge in [0.25, 0.3) is 0 Å². The molecule has 45 heavy (non-hydrogen) atoms. The van der Waals surface area contributed by atoms with Crippen molar-refractivity contribution in [3.63, 3.8) is 0 Å². The molecular weight excluding hydrogens is 594 g/mol. The topological polar surface area (TPSA) is 131 Å². The van der Waals surface area contributed by atoms with Gasteiger partial charge >= 0.3 is 6.09 Å². The fourth-order valence-corrected chi connectivity index (χ4v) is 3.58. The summed E-state index contributed by atoms with van der Waals surface area (Å²) in [6, 6.07) is 0. The maximum absolute atomic E-state index is 11.8. The molecule has 1 aliphatic heterocycles. The molecule has 0 aromatic carbocycles. The molecule has 1 fully saturated rings. The molecule has 1 heterocycles. The molecule has 0 saturated carbocycles. The van der Waals surface area contributed by atoms with Crippen LogP contribution >= 0.6 is 0 Å². The van der Waals surface area contributed by atoms with Crippen LogP contribution in [0.4, 0.5) is 4.79 Å². The summed E-state index contributed by atoms with van der Waals surface area (Å²) in [7, 11) is 1.68. The maximum atomic E-state index is 11.8. The van der Waals surface area contributed by atoms with E-state index in [4.69, 9.17) is 56.8 Å². The van der Waals surface area contributed by atoms with Crippen LogP contribution in [0.2, 0.25) is 0 Å². The fourth-order valence-electron chi connectivity index (χ4n) is 3.58. The van der Waals surface area contributed by atoms with Crippen molar-refractivity contribution >= 4 is 6.09 Å². The highest BCUT2D eigenvalue weighted by molar-refractivity contribution is 5.67. The van der Waals surface area contributed by atoms with Gasteiger partial charge in [-0.3, -0.25) is 0 Å². The van der Waals surface area contributed by atoms with Crippen LogP contribution in [-0.2, 0) is 56.8 Å². The van der Waals surface area contributed by atoms with Crippen LogP contribution in [0.1, 0.15) is 40.0 Å². The highest BCUT2D eigenvalue weighted by Gasteiger charge is 2.19. The molecule has 0 spiro atoms. The first-order valence-corrected chi connectivity index (χ1v) is 16.3. The molecule has 0 aromatic heterocycles. The average Bonchev–Trinajstić information content (AvgIpc) is 3.01. The molecule has 0 aliphatic carbocycles. The minimum atomic E-state index is -0.508. The van der Waals surface area contributed by atoms with Gasteiger partial charge in [0.05, 0.1) is 126 Å². The van der Waals surface area contributed by atoms with Gasteiger partial charge in [-0.05, 0) is 40.0 Å². The normalized spacial score (nSPS) is 15.4. The first-order valence-electron chi connectivity index (χ1n) is 16.3. The number of ether oxygens (including phenoxy) is 12. The lowest BCUT2D eigenvalue weighted by Gasteiger charge is -2.24. The molecule has 268 valence electrons. The fraction of sp³-hybridized carbons (Fsp3) is 0.968.